The average molecular weight is 494 g/mol. The summed E-state index contributed by atoms with van der Waals surface area (Å²) in [6.07, 6.45) is 1.65. The Kier molecular flexibility index (Phi) is 8.00. The lowest BCUT2D eigenvalue weighted by atomic mass is 10.1. The van der Waals surface area contributed by atoms with Gasteiger partial charge in [-0.15, -0.1) is 0 Å². The zero-order valence-corrected chi connectivity index (χ0v) is 19.9. The minimum absolute atomic E-state index is 0.249. The van der Waals surface area contributed by atoms with Crippen LogP contribution in [0.1, 0.15) is 12.5 Å². The smallest absolute Gasteiger partial charge is 0.344 e. The molecule has 1 heterocycles. The van der Waals surface area contributed by atoms with Gasteiger partial charge in [0.05, 0.1) is 36.4 Å². The first-order chi connectivity index (χ1) is 15.4. The summed E-state index contributed by atoms with van der Waals surface area (Å²) in [7, 11) is 3.00. The fourth-order valence-corrected chi connectivity index (χ4v) is 4.46. The number of ether oxygens (including phenoxy) is 4. The highest BCUT2D eigenvalue weighted by Crippen LogP contribution is 2.40. The molecule has 1 amide bonds. The fourth-order valence-electron chi connectivity index (χ4n) is 2.92. The quantitative estimate of drug-likeness (QED) is 0.297. The molecular formula is C22H20ClNO6S2. The lowest BCUT2D eigenvalue weighted by Crippen LogP contribution is -2.27. The van der Waals surface area contributed by atoms with Crippen molar-refractivity contribution in [3.63, 3.8) is 0 Å². The molecule has 0 saturated carbocycles. The molecule has 1 aliphatic rings. The Morgan fingerprint density at radius 2 is 1.94 bits per heavy atom. The molecule has 7 nitrogen and oxygen atoms in total. The summed E-state index contributed by atoms with van der Waals surface area (Å²) in [5.41, 5.74) is 1.09. The Morgan fingerprint density at radius 1 is 1.19 bits per heavy atom. The van der Waals surface area contributed by atoms with E-state index in [1.54, 1.807) is 49.4 Å². The van der Waals surface area contributed by atoms with Gasteiger partial charge in [0.25, 0.3) is 5.91 Å². The van der Waals surface area contributed by atoms with Crippen molar-refractivity contribution >= 4 is 63.5 Å². The Balaban J connectivity index is 1.91. The third-order valence-corrected chi connectivity index (χ3v) is 5.94. The number of esters is 1. The van der Waals surface area contributed by atoms with Gasteiger partial charge in [-0.25, -0.2) is 4.79 Å². The van der Waals surface area contributed by atoms with E-state index in [0.717, 1.165) is 11.8 Å². The molecule has 3 rings (SSSR count). The van der Waals surface area contributed by atoms with Gasteiger partial charge >= 0.3 is 5.97 Å². The zero-order valence-electron chi connectivity index (χ0n) is 17.5. The van der Waals surface area contributed by atoms with Crippen molar-refractivity contribution < 1.29 is 28.5 Å². The minimum atomic E-state index is -0.507. The normalized spacial score (nSPS) is 14.6. The molecule has 32 heavy (non-hydrogen) atoms. The van der Waals surface area contributed by atoms with E-state index in [-0.39, 0.29) is 19.1 Å². The monoisotopic (exact) mass is 493 g/mol. The maximum atomic E-state index is 13.1. The first-order valence-electron chi connectivity index (χ1n) is 9.46. The van der Waals surface area contributed by atoms with E-state index >= 15 is 0 Å². The van der Waals surface area contributed by atoms with Crippen molar-refractivity contribution in [1.82, 2.24) is 0 Å². The van der Waals surface area contributed by atoms with Crippen LogP contribution in [0.3, 0.4) is 0 Å². The van der Waals surface area contributed by atoms with E-state index in [1.807, 2.05) is 0 Å². The molecule has 10 heteroatoms. The Morgan fingerprint density at radius 3 is 2.59 bits per heavy atom. The van der Waals surface area contributed by atoms with E-state index in [0.29, 0.717) is 42.7 Å². The van der Waals surface area contributed by atoms with Crippen molar-refractivity contribution in [3.8, 4) is 17.2 Å². The number of hydrogen-bond donors (Lipinski definition) is 0. The van der Waals surface area contributed by atoms with Crippen LogP contribution in [-0.4, -0.2) is 43.6 Å². The number of thiocarbonyl (C=S) groups is 1. The Labute approximate surface area is 200 Å². The lowest BCUT2D eigenvalue weighted by Gasteiger charge is -2.16. The van der Waals surface area contributed by atoms with Gasteiger partial charge in [-0.3, -0.25) is 9.69 Å². The molecule has 0 aliphatic carbocycles. The second-order valence-electron chi connectivity index (χ2n) is 6.31. The number of methoxy groups -OCH3 is 2. The first kappa shape index (κ1) is 23.9. The fraction of sp³-hybridized carbons (Fsp3) is 0.227. The number of amides is 1. The summed E-state index contributed by atoms with van der Waals surface area (Å²) >= 11 is 12.8. The Hall–Kier alpha value is -2.75. The second kappa shape index (κ2) is 10.7. The van der Waals surface area contributed by atoms with E-state index in [4.69, 9.17) is 42.8 Å². The molecule has 0 unspecified atom stereocenters. The first-order valence-corrected chi connectivity index (χ1v) is 11.1. The van der Waals surface area contributed by atoms with Crippen molar-refractivity contribution in [2.75, 3.05) is 32.3 Å². The summed E-state index contributed by atoms with van der Waals surface area (Å²) in [5.74, 6) is 0.421. The highest BCUT2D eigenvalue weighted by molar-refractivity contribution is 8.27. The van der Waals surface area contributed by atoms with Gasteiger partial charge in [-0.1, -0.05) is 47.7 Å². The number of nitrogens with zero attached hydrogens (tertiary/aromatic N) is 1. The van der Waals surface area contributed by atoms with Crippen LogP contribution in [0.2, 0.25) is 5.02 Å². The number of hydrogen-bond acceptors (Lipinski definition) is 8. The van der Waals surface area contributed by atoms with Crippen LogP contribution in [0.15, 0.2) is 41.3 Å². The van der Waals surface area contributed by atoms with Crippen LogP contribution in [0.4, 0.5) is 5.69 Å². The van der Waals surface area contributed by atoms with Crippen LogP contribution in [0, 0.1) is 0 Å². The summed E-state index contributed by atoms with van der Waals surface area (Å²) in [5, 5.41) is 0.366. The molecule has 2 aromatic carbocycles. The lowest BCUT2D eigenvalue weighted by molar-refractivity contribution is -0.145. The standard InChI is InChI=1S/C22H20ClNO6S2/c1-4-29-19(25)12-30-20-13(6-5-7-17(20)28-3)10-18-21(26)24(22(31)32-18)14-8-9-16(27-2)15(23)11-14/h5-11H,4,12H2,1-3H3. The molecule has 1 aliphatic heterocycles. The van der Waals surface area contributed by atoms with Crippen molar-refractivity contribution in [2.45, 2.75) is 6.92 Å². The number of anilines is 1. The number of carbonyl (C=O) groups is 2. The summed E-state index contributed by atoms with van der Waals surface area (Å²) in [4.78, 5) is 26.7. The van der Waals surface area contributed by atoms with Gasteiger partial charge in [0.15, 0.2) is 22.4 Å². The number of benzene rings is 2. The number of para-hydroxylation sites is 1. The van der Waals surface area contributed by atoms with Gasteiger partial charge in [0, 0.05) is 5.56 Å². The SMILES string of the molecule is CCOC(=O)COc1c(C=C2SC(=S)N(c3ccc(OC)c(Cl)c3)C2=O)cccc1OC. The highest BCUT2D eigenvalue weighted by atomic mass is 35.5. The van der Waals surface area contributed by atoms with Crippen LogP contribution in [0.25, 0.3) is 6.08 Å². The number of thioether (sulfide) groups is 1. The van der Waals surface area contributed by atoms with Crippen LogP contribution in [0.5, 0.6) is 17.2 Å². The topological polar surface area (TPSA) is 74.3 Å². The van der Waals surface area contributed by atoms with Crippen LogP contribution < -0.4 is 19.1 Å². The van der Waals surface area contributed by atoms with E-state index in [1.165, 1.54) is 19.1 Å². The van der Waals surface area contributed by atoms with E-state index in [2.05, 4.69) is 0 Å². The van der Waals surface area contributed by atoms with Gasteiger partial charge < -0.3 is 18.9 Å². The van der Waals surface area contributed by atoms with Gasteiger partial charge in [0.2, 0.25) is 0 Å². The largest absolute Gasteiger partial charge is 0.495 e. The van der Waals surface area contributed by atoms with Crippen LogP contribution in [-0.2, 0) is 14.3 Å². The zero-order chi connectivity index (χ0) is 23.3. The molecule has 0 atom stereocenters. The number of rotatable bonds is 8. The number of halogens is 1. The second-order valence-corrected chi connectivity index (χ2v) is 8.39. The average Bonchev–Trinajstić information content (AvgIpc) is 3.05. The third kappa shape index (κ3) is 5.17. The highest BCUT2D eigenvalue weighted by Gasteiger charge is 2.34. The molecule has 0 spiro atoms. The molecule has 2 aromatic rings. The van der Waals surface area contributed by atoms with Crippen molar-refractivity contribution in [2.24, 2.45) is 0 Å². The van der Waals surface area contributed by atoms with E-state index in [9.17, 15) is 9.59 Å². The number of carbonyl (C=O) groups excluding carboxylic acids is 2. The molecule has 168 valence electrons. The molecule has 0 aromatic heterocycles. The van der Waals surface area contributed by atoms with Gasteiger partial charge in [-0.2, -0.15) is 0 Å². The maximum absolute atomic E-state index is 13.1. The molecule has 0 radical (unpaired) electrons. The summed E-state index contributed by atoms with van der Waals surface area (Å²) < 4.78 is 21.4. The van der Waals surface area contributed by atoms with Gasteiger partial charge in [-0.05, 0) is 37.3 Å². The van der Waals surface area contributed by atoms with Gasteiger partial charge in [0.1, 0.15) is 5.75 Å². The van der Waals surface area contributed by atoms with Crippen molar-refractivity contribution in [1.29, 1.82) is 0 Å². The minimum Gasteiger partial charge on any atom is -0.495 e. The van der Waals surface area contributed by atoms with Crippen molar-refractivity contribution in [3.05, 3.63) is 51.9 Å². The summed E-state index contributed by atoms with van der Waals surface area (Å²) in [6.45, 7) is 1.67. The maximum Gasteiger partial charge on any atom is 0.344 e. The van der Waals surface area contributed by atoms with E-state index < -0.39 is 5.97 Å². The van der Waals surface area contributed by atoms with Crippen LogP contribution >= 0.6 is 35.6 Å². The predicted molar refractivity (Wildman–Crippen MR) is 129 cm³/mol. The third-order valence-electron chi connectivity index (χ3n) is 4.34. The molecule has 1 saturated heterocycles. The molecular weight excluding hydrogens is 474 g/mol. The predicted octanol–water partition coefficient (Wildman–Crippen LogP) is 4.70. The molecule has 0 bridgehead atoms. The Bertz CT molecular complexity index is 1090. The molecule has 0 N–H and O–H groups in total. The summed E-state index contributed by atoms with van der Waals surface area (Å²) in [6, 6.07) is 10.2. The molecule has 1 fully saturated rings.